The molecule has 0 aliphatic heterocycles. The average Bonchev–Trinajstić information content (AvgIpc) is 3.50. The van der Waals surface area contributed by atoms with Crippen LogP contribution in [0.25, 0.3) is 45.6 Å². The van der Waals surface area contributed by atoms with Gasteiger partial charge in [-0.1, -0.05) is 78.9 Å². The van der Waals surface area contributed by atoms with Crippen LogP contribution in [0.2, 0.25) is 0 Å². The number of aryl methyl sites for hydroxylation is 2. The Balaban J connectivity index is 1.57. The molecule has 0 bridgehead atoms. The van der Waals surface area contributed by atoms with Crippen molar-refractivity contribution in [1.29, 1.82) is 0 Å². The topological polar surface area (TPSA) is 61.4 Å². The number of nitrogens with zero attached hydrogens (tertiary/aromatic N) is 6. The molecule has 2 heterocycles. The number of aromatic nitrogens is 6. The first-order valence-electron chi connectivity index (χ1n) is 10.9. The van der Waals surface area contributed by atoms with Gasteiger partial charge in [0.25, 0.3) is 0 Å². The lowest BCUT2D eigenvalue weighted by Gasteiger charge is -2.06. The molecule has 0 amide bonds. The molecular formula is C26H24N6. The Morgan fingerprint density at radius 3 is 1.34 bits per heavy atom. The molecule has 0 saturated heterocycles. The van der Waals surface area contributed by atoms with E-state index in [1.54, 1.807) is 0 Å². The van der Waals surface area contributed by atoms with Gasteiger partial charge in [-0.3, -0.25) is 0 Å². The highest BCUT2D eigenvalue weighted by atomic mass is 15.4. The van der Waals surface area contributed by atoms with Crippen LogP contribution in [0.15, 0.2) is 84.9 Å². The van der Waals surface area contributed by atoms with Gasteiger partial charge in [-0.25, -0.2) is 19.3 Å². The zero-order valence-electron chi connectivity index (χ0n) is 18.2. The predicted molar refractivity (Wildman–Crippen MR) is 127 cm³/mol. The van der Waals surface area contributed by atoms with Crippen molar-refractivity contribution < 1.29 is 0 Å². The van der Waals surface area contributed by atoms with Crippen molar-refractivity contribution in [1.82, 2.24) is 29.5 Å². The van der Waals surface area contributed by atoms with Gasteiger partial charge in [-0.2, -0.15) is 10.2 Å². The van der Waals surface area contributed by atoms with Gasteiger partial charge < -0.3 is 0 Å². The average molecular weight is 421 g/mol. The van der Waals surface area contributed by atoms with Gasteiger partial charge in [-0.15, -0.1) is 0 Å². The molecule has 5 aromatic rings. The molecule has 0 unspecified atom stereocenters. The highest BCUT2D eigenvalue weighted by Crippen LogP contribution is 2.28. The van der Waals surface area contributed by atoms with Gasteiger partial charge >= 0.3 is 0 Å². The molecule has 2 aromatic heterocycles. The van der Waals surface area contributed by atoms with Crippen LogP contribution < -0.4 is 0 Å². The summed E-state index contributed by atoms with van der Waals surface area (Å²) in [5.74, 6) is 3.16. The molecule has 32 heavy (non-hydrogen) atoms. The molecule has 0 saturated carbocycles. The Bertz CT molecular complexity index is 1230. The Kier molecular flexibility index (Phi) is 5.34. The minimum atomic E-state index is 0.732. The molecule has 0 N–H and O–H groups in total. The van der Waals surface area contributed by atoms with E-state index in [1.165, 1.54) is 0 Å². The van der Waals surface area contributed by atoms with Crippen LogP contribution in [0.1, 0.15) is 13.8 Å². The fourth-order valence-electron chi connectivity index (χ4n) is 3.77. The monoisotopic (exact) mass is 420 g/mol. The van der Waals surface area contributed by atoms with Crippen molar-refractivity contribution in [2.45, 2.75) is 26.9 Å². The van der Waals surface area contributed by atoms with E-state index in [0.29, 0.717) is 0 Å². The van der Waals surface area contributed by atoms with Crippen LogP contribution in [0.5, 0.6) is 0 Å². The van der Waals surface area contributed by atoms with Crippen LogP contribution >= 0.6 is 0 Å². The van der Waals surface area contributed by atoms with E-state index < -0.39 is 0 Å². The molecule has 6 heteroatoms. The molecule has 158 valence electrons. The maximum absolute atomic E-state index is 4.86. The summed E-state index contributed by atoms with van der Waals surface area (Å²) in [6.45, 7) is 5.64. The van der Waals surface area contributed by atoms with E-state index in [2.05, 4.69) is 32.0 Å². The van der Waals surface area contributed by atoms with Crippen molar-refractivity contribution in [2.24, 2.45) is 0 Å². The summed E-state index contributed by atoms with van der Waals surface area (Å²) in [6.07, 6.45) is 0. The summed E-state index contributed by atoms with van der Waals surface area (Å²) < 4.78 is 3.89. The zero-order chi connectivity index (χ0) is 21.9. The van der Waals surface area contributed by atoms with Gasteiger partial charge in [0.15, 0.2) is 23.3 Å². The Labute approximate surface area is 187 Å². The van der Waals surface area contributed by atoms with E-state index >= 15 is 0 Å². The lowest BCUT2D eigenvalue weighted by Crippen LogP contribution is -2.01. The molecule has 0 radical (unpaired) electrons. The standard InChI is InChI=1S/C26H24N6/c1-3-31-25(27-23(29-31)19-12-7-5-8-13-19)21-16-11-17-22(18-21)26-28-24(30-32(26)4-2)20-14-9-6-10-15-20/h5-18H,3-4H2,1-2H3. The number of rotatable bonds is 6. The lowest BCUT2D eigenvalue weighted by molar-refractivity contribution is 0.666. The molecule has 0 atom stereocenters. The third-order valence-corrected chi connectivity index (χ3v) is 5.39. The summed E-state index contributed by atoms with van der Waals surface area (Å²) in [7, 11) is 0. The van der Waals surface area contributed by atoms with Crippen molar-refractivity contribution in [3.63, 3.8) is 0 Å². The first kappa shape index (κ1) is 19.9. The quantitative estimate of drug-likeness (QED) is 0.360. The second-order valence-electron chi connectivity index (χ2n) is 7.46. The minimum Gasteiger partial charge on any atom is -0.245 e. The van der Waals surface area contributed by atoms with Crippen LogP contribution in [-0.2, 0) is 13.1 Å². The van der Waals surface area contributed by atoms with E-state index in [4.69, 9.17) is 20.2 Å². The van der Waals surface area contributed by atoms with Crippen LogP contribution in [0, 0.1) is 0 Å². The summed E-state index contributed by atoms with van der Waals surface area (Å²) in [5.41, 5.74) is 4.03. The van der Waals surface area contributed by atoms with Gasteiger partial charge in [0.2, 0.25) is 0 Å². The minimum absolute atomic E-state index is 0.732. The first-order valence-corrected chi connectivity index (χ1v) is 10.9. The Hall–Kier alpha value is -4.06. The SMILES string of the molecule is CCn1nc(-c2ccccc2)nc1-c1cccc(-c2nc(-c3ccccc3)nn2CC)c1. The van der Waals surface area contributed by atoms with Crippen molar-refractivity contribution in [3.05, 3.63) is 84.9 Å². The van der Waals surface area contributed by atoms with Gasteiger partial charge in [0.1, 0.15) is 0 Å². The third-order valence-electron chi connectivity index (χ3n) is 5.39. The summed E-state index contributed by atoms with van der Waals surface area (Å²) in [4.78, 5) is 9.72. The second-order valence-corrected chi connectivity index (χ2v) is 7.46. The maximum atomic E-state index is 4.86. The van der Waals surface area contributed by atoms with Crippen molar-refractivity contribution >= 4 is 0 Å². The maximum Gasteiger partial charge on any atom is 0.181 e. The second kappa shape index (κ2) is 8.59. The lowest BCUT2D eigenvalue weighted by atomic mass is 10.1. The van der Waals surface area contributed by atoms with E-state index in [0.717, 1.165) is 58.6 Å². The molecule has 0 fully saturated rings. The highest BCUT2D eigenvalue weighted by molar-refractivity contribution is 5.69. The first-order chi connectivity index (χ1) is 15.8. The highest BCUT2D eigenvalue weighted by Gasteiger charge is 2.16. The fourth-order valence-corrected chi connectivity index (χ4v) is 3.77. The smallest absolute Gasteiger partial charge is 0.181 e. The van der Waals surface area contributed by atoms with E-state index in [9.17, 15) is 0 Å². The zero-order valence-corrected chi connectivity index (χ0v) is 18.2. The summed E-state index contributed by atoms with van der Waals surface area (Å²) >= 11 is 0. The Morgan fingerprint density at radius 2 is 0.938 bits per heavy atom. The third kappa shape index (κ3) is 3.71. The van der Waals surface area contributed by atoms with Crippen LogP contribution in [-0.4, -0.2) is 29.5 Å². The van der Waals surface area contributed by atoms with Gasteiger partial charge in [-0.05, 0) is 19.9 Å². The number of hydrogen-bond acceptors (Lipinski definition) is 4. The summed E-state index contributed by atoms with van der Waals surface area (Å²) in [6, 6.07) is 28.4. The molecule has 3 aromatic carbocycles. The van der Waals surface area contributed by atoms with Gasteiger partial charge in [0, 0.05) is 35.3 Å². The largest absolute Gasteiger partial charge is 0.245 e. The fraction of sp³-hybridized carbons (Fsp3) is 0.154. The molecule has 6 nitrogen and oxygen atoms in total. The van der Waals surface area contributed by atoms with Crippen LogP contribution in [0.4, 0.5) is 0 Å². The number of hydrogen-bond donors (Lipinski definition) is 0. The molecule has 5 rings (SSSR count). The molecule has 0 spiro atoms. The predicted octanol–water partition coefficient (Wildman–Crippen LogP) is 5.58. The molecular weight excluding hydrogens is 396 g/mol. The van der Waals surface area contributed by atoms with Crippen LogP contribution in [0.3, 0.4) is 0 Å². The Morgan fingerprint density at radius 1 is 0.531 bits per heavy atom. The van der Waals surface area contributed by atoms with Crippen molar-refractivity contribution in [3.8, 4) is 45.6 Å². The van der Waals surface area contributed by atoms with E-state index in [-0.39, 0.29) is 0 Å². The van der Waals surface area contributed by atoms with Gasteiger partial charge in [0.05, 0.1) is 0 Å². The van der Waals surface area contributed by atoms with Crippen molar-refractivity contribution in [2.75, 3.05) is 0 Å². The summed E-state index contributed by atoms with van der Waals surface area (Å²) in [5, 5.41) is 9.46. The van der Waals surface area contributed by atoms with E-state index in [1.807, 2.05) is 76.1 Å². The number of benzene rings is 3. The molecule has 0 aliphatic carbocycles. The normalized spacial score (nSPS) is 11.1. The molecule has 0 aliphatic rings.